The molecular weight excluding hydrogens is 280 g/mol. The van der Waals surface area contributed by atoms with Gasteiger partial charge in [0.2, 0.25) is 0 Å². The predicted molar refractivity (Wildman–Crippen MR) is 86.6 cm³/mol. The summed E-state index contributed by atoms with van der Waals surface area (Å²) in [5.74, 6) is 1.84. The second-order valence-electron chi connectivity index (χ2n) is 4.81. The first-order valence-corrected chi connectivity index (χ1v) is 7.17. The summed E-state index contributed by atoms with van der Waals surface area (Å²) in [4.78, 5) is 20.1. The van der Waals surface area contributed by atoms with Crippen LogP contribution < -0.4 is 10.6 Å². The van der Waals surface area contributed by atoms with Crippen molar-refractivity contribution in [3.8, 4) is 0 Å². The van der Waals surface area contributed by atoms with E-state index in [-0.39, 0.29) is 5.97 Å². The maximum Gasteiger partial charge on any atom is 0.337 e. The Kier molecular flexibility index (Phi) is 5.30. The van der Waals surface area contributed by atoms with E-state index < -0.39 is 0 Å². The average Bonchev–Trinajstić information content (AvgIpc) is 2.52. The van der Waals surface area contributed by atoms with Crippen LogP contribution in [0.4, 0.5) is 17.3 Å². The van der Waals surface area contributed by atoms with Gasteiger partial charge in [0.05, 0.1) is 12.7 Å². The molecule has 2 aromatic rings. The van der Waals surface area contributed by atoms with Crippen molar-refractivity contribution in [2.24, 2.45) is 0 Å². The van der Waals surface area contributed by atoms with Crippen LogP contribution in [0.5, 0.6) is 0 Å². The van der Waals surface area contributed by atoms with Crippen molar-refractivity contribution >= 4 is 23.3 Å². The maximum atomic E-state index is 11.4. The zero-order valence-corrected chi connectivity index (χ0v) is 13.0. The molecule has 0 amide bonds. The van der Waals surface area contributed by atoms with Gasteiger partial charge in [-0.15, -0.1) is 0 Å². The molecule has 0 saturated heterocycles. The lowest BCUT2D eigenvalue weighted by Crippen LogP contribution is -2.05. The molecule has 0 atom stereocenters. The topological polar surface area (TPSA) is 76.1 Å². The maximum absolute atomic E-state index is 11.4. The van der Waals surface area contributed by atoms with Crippen LogP contribution in [0.25, 0.3) is 0 Å². The second kappa shape index (κ2) is 7.40. The van der Waals surface area contributed by atoms with Gasteiger partial charge in [-0.25, -0.2) is 14.8 Å². The van der Waals surface area contributed by atoms with Crippen molar-refractivity contribution < 1.29 is 9.53 Å². The van der Waals surface area contributed by atoms with Crippen LogP contribution in [0, 0.1) is 6.92 Å². The third-order valence-corrected chi connectivity index (χ3v) is 2.97. The Morgan fingerprint density at radius 1 is 1.18 bits per heavy atom. The monoisotopic (exact) mass is 300 g/mol. The molecule has 0 unspecified atom stereocenters. The number of nitrogens with zero attached hydrogens (tertiary/aromatic N) is 2. The molecule has 2 rings (SSSR count). The summed E-state index contributed by atoms with van der Waals surface area (Å²) in [5, 5.41) is 6.44. The van der Waals surface area contributed by atoms with Crippen molar-refractivity contribution in [3.05, 3.63) is 41.7 Å². The van der Waals surface area contributed by atoms with Crippen LogP contribution in [-0.2, 0) is 4.74 Å². The SMILES string of the molecule is CCCNc1cc(Nc2ccc(C(=O)OC)cc2)nc(C)n1. The van der Waals surface area contributed by atoms with Crippen LogP contribution in [-0.4, -0.2) is 29.6 Å². The summed E-state index contributed by atoms with van der Waals surface area (Å²) in [6, 6.07) is 8.89. The van der Waals surface area contributed by atoms with Crippen molar-refractivity contribution in [1.29, 1.82) is 0 Å². The summed E-state index contributed by atoms with van der Waals surface area (Å²) in [5.41, 5.74) is 1.35. The first-order valence-electron chi connectivity index (χ1n) is 7.17. The highest BCUT2D eigenvalue weighted by atomic mass is 16.5. The molecule has 1 heterocycles. The minimum absolute atomic E-state index is 0.351. The Labute approximate surface area is 129 Å². The summed E-state index contributed by atoms with van der Waals surface area (Å²) in [7, 11) is 1.36. The van der Waals surface area contributed by atoms with E-state index in [1.165, 1.54) is 7.11 Å². The van der Waals surface area contributed by atoms with E-state index in [9.17, 15) is 4.79 Å². The molecule has 116 valence electrons. The number of hydrogen-bond donors (Lipinski definition) is 2. The Morgan fingerprint density at radius 3 is 2.50 bits per heavy atom. The minimum Gasteiger partial charge on any atom is -0.465 e. The second-order valence-corrected chi connectivity index (χ2v) is 4.81. The van der Waals surface area contributed by atoms with Gasteiger partial charge in [0, 0.05) is 18.3 Å². The molecule has 0 radical (unpaired) electrons. The molecule has 6 nitrogen and oxygen atoms in total. The standard InChI is InChI=1S/C16H20N4O2/c1-4-9-17-14-10-15(19-11(2)18-14)20-13-7-5-12(6-8-13)16(21)22-3/h5-8,10H,4,9H2,1-3H3,(H2,17,18,19,20). The molecule has 0 spiro atoms. The molecule has 0 aliphatic heterocycles. The summed E-state index contributed by atoms with van der Waals surface area (Å²) >= 11 is 0. The zero-order valence-electron chi connectivity index (χ0n) is 13.0. The van der Waals surface area contributed by atoms with E-state index in [1.54, 1.807) is 12.1 Å². The number of benzene rings is 1. The van der Waals surface area contributed by atoms with Gasteiger partial charge in [-0.1, -0.05) is 6.92 Å². The van der Waals surface area contributed by atoms with E-state index in [2.05, 4.69) is 32.3 Å². The number of aryl methyl sites for hydroxylation is 1. The summed E-state index contributed by atoms with van der Waals surface area (Å²) in [6.07, 6.45) is 1.03. The van der Waals surface area contributed by atoms with Gasteiger partial charge >= 0.3 is 5.97 Å². The first kappa shape index (κ1) is 15.8. The van der Waals surface area contributed by atoms with E-state index in [0.717, 1.165) is 24.5 Å². The van der Waals surface area contributed by atoms with Gasteiger partial charge in [-0.05, 0) is 37.6 Å². The van der Waals surface area contributed by atoms with Crippen LogP contribution in [0.15, 0.2) is 30.3 Å². The largest absolute Gasteiger partial charge is 0.465 e. The molecule has 1 aromatic heterocycles. The third-order valence-electron chi connectivity index (χ3n) is 2.97. The highest BCUT2D eigenvalue weighted by Gasteiger charge is 2.06. The van der Waals surface area contributed by atoms with Crippen LogP contribution in [0.1, 0.15) is 29.5 Å². The highest BCUT2D eigenvalue weighted by Crippen LogP contribution is 2.18. The molecular formula is C16H20N4O2. The Balaban J connectivity index is 2.12. The first-order chi connectivity index (χ1) is 10.6. The van der Waals surface area contributed by atoms with Crippen molar-refractivity contribution in [3.63, 3.8) is 0 Å². The number of ether oxygens (including phenoxy) is 1. The number of rotatable bonds is 6. The van der Waals surface area contributed by atoms with Crippen LogP contribution in [0.3, 0.4) is 0 Å². The van der Waals surface area contributed by atoms with Crippen LogP contribution in [0.2, 0.25) is 0 Å². The molecule has 2 N–H and O–H groups in total. The molecule has 0 aliphatic carbocycles. The smallest absolute Gasteiger partial charge is 0.337 e. The third kappa shape index (κ3) is 4.18. The number of esters is 1. The van der Waals surface area contributed by atoms with Gasteiger partial charge in [-0.3, -0.25) is 0 Å². The fourth-order valence-corrected chi connectivity index (χ4v) is 1.93. The van der Waals surface area contributed by atoms with Crippen molar-refractivity contribution in [1.82, 2.24) is 9.97 Å². The lowest BCUT2D eigenvalue weighted by Gasteiger charge is -2.10. The molecule has 6 heteroatoms. The normalized spacial score (nSPS) is 10.1. The van der Waals surface area contributed by atoms with Gasteiger partial charge in [0.1, 0.15) is 17.5 Å². The minimum atomic E-state index is -0.351. The van der Waals surface area contributed by atoms with E-state index in [1.807, 2.05) is 25.1 Å². The lowest BCUT2D eigenvalue weighted by atomic mass is 10.2. The van der Waals surface area contributed by atoms with Crippen molar-refractivity contribution in [2.75, 3.05) is 24.3 Å². The molecule has 0 bridgehead atoms. The fourth-order valence-electron chi connectivity index (χ4n) is 1.93. The fraction of sp³-hybridized carbons (Fsp3) is 0.312. The zero-order chi connectivity index (χ0) is 15.9. The van der Waals surface area contributed by atoms with Gasteiger partial charge in [-0.2, -0.15) is 0 Å². The summed E-state index contributed by atoms with van der Waals surface area (Å²) in [6.45, 7) is 4.81. The van der Waals surface area contributed by atoms with Crippen LogP contribution >= 0.6 is 0 Å². The Bertz CT molecular complexity index is 641. The summed E-state index contributed by atoms with van der Waals surface area (Å²) < 4.78 is 4.68. The number of aromatic nitrogens is 2. The molecule has 22 heavy (non-hydrogen) atoms. The number of carbonyl (C=O) groups excluding carboxylic acids is 1. The number of methoxy groups -OCH3 is 1. The van der Waals surface area contributed by atoms with E-state index in [4.69, 9.17) is 0 Å². The molecule has 0 aliphatic rings. The molecule has 1 aromatic carbocycles. The quantitative estimate of drug-likeness (QED) is 0.798. The van der Waals surface area contributed by atoms with E-state index >= 15 is 0 Å². The lowest BCUT2D eigenvalue weighted by molar-refractivity contribution is 0.0601. The number of nitrogens with one attached hydrogen (secondary N) is 2. The van der Waals surface area contributed by atoms with Crippen molar-refractivity contribution in [2.45, 2.75) is 20.3 Å². The Hall–Kier alpha value is -2.63. The number of hydrogen-bond acceptors (Lipinski definition) is 6. The number of anilines is 3. The number of carbonyl (C=O) groups is 1. The average molecular weight is 300 g/mol. The van der Waals surface area contributed by atoms with Gasteiger partial charge < -0.3 is 15.4 Å². The highest BCUT2D eigenvalue weighted by molar-refractivity contribution is 5.89. The predicted octanol–water partition coefficient (Wildman–Crippen LogP) is 3.14. The molecule has 0 saturated carbocycles. The van der Waals surface area contributed by atoms with Gasteiger partial charge in [0.15, 0.2) is 0 Å². The van der Waals surface area contributed by atoms with Gasteiger partial charge in [0.25, 0.3) is 0 Å². The Morgan fingerprint density at radius 2 is 1.86 bits per heavy atom. The molecule has 0 fully saturated rings. The van der Waals surface area contributed by atoms with E-state index in [0.29, 0.717) is 17.2 Å².